The lowest BCUT2D eigenvalue weighted by Gasteiger charge is -1.99. The fraction of sp³-hybridized carbons (Fsp3) is 0.923. The normalized spacial score (nSPS) is 8.62. The van der Waals surface area contributed by atoms with Gasteiger partial charge in [0.25, 0.3) is 0 Å². The van der Waals surface area contributed by atoms with Crippen molar-refractivity contribution in [3.8, 4) is 0 Å². The van der Waals surface area contributed by atoms with Crippen LogP contribution in [0.3, 0.4) is 0 Å². The third-order valence-electron chi connectivity index (χ3n) is 2.71. The zero-order valence-corrected chi connectivity index (χ0v) is 12.5. The van der Waals surface area contributed by atoms with Crippen molar-refractivity contribution >= 4 is 26.5 Å². The third-order valence-corrected chi connectivity index (χ3v) is 4.71. The molecule has 0 heterocycles. The zero-order valence-electron chi connectivity index (χ0n) is 11.1. The molecule has 3 heteroatoms. The van der Waals surface area contributed by atoms with E-state index >= 15 is 0 Å². The van der Waals surface area contributed by atoms with Crippen molar-refractivity contribution in [3.05, 3.63) is 0 Å². The molecule has 0 amide bonds. The van der Waals surface area contributed by atoms with Gasteiger partial charge in [-0.25, -0.2) is 0 Å². The van der Waals surface area contributed by atoms with Crippen molar-refractivity contribution in [2.45, 2.75) is 74.3 Å². The number of carbonyl (C=O) groups excluding carboxylic acids is 2. The van der Waals surface area contributed by atoms with Gasteiger partial charge in [-0.1, -0.05) is 65.2 Å². The maximum atomic E-state index is 8.12. The number of hydrogen-bond acceptors (Lipinski definition) is 2. The summed E-state index contributed by atoms with van der Waals surface area (Å²) in [6, 6.07) is 0. The fourth-order valence-electron chi connectivity index (χ4n) is 1.74. The summed E-state index contributed by atoms with van der Waals surface area (Å²) >= 11 is 0.355. The molecule has 0 aromatic carbocycles. The van der Waals surface area contributed by atoms with Gasteiger partial charge in [0.15, 0.2) is 0 Å². The second kappa shape index (κ2) is 20.5. The lowest BCUT2D eigenvalue weighted by atomic mass is 10.2. The molecule has 0 saturated carbocycles. The number of hydrogen-bond donors (Lipinski definition) is 0. The van der Waals surface area contributed by atoms with Gasteiger partial charge in [0, 0.05) is 0 Å². The molecule has 0 radical (unpaired) electrons. The van der Waals surface area contributed by atoms with E-state index in [1.165, 1.54) is 51.4 Å². The Hall–Kier alpha value is 0.146. The van der Waals surface area contributed by atoms with Gasteiger partial charge in [-0.2, -0.15) is 9.59 Å². The molecule has 0 fully saturated rings. The molecule has 0 atom stereocenters. The zero-order chi connectivity index (χ0) is 12.5. The second-order valence-electron chi connectivity index (χ2n) is 4.27. The van der Waals surface area contributed by atoms with Crippen LogP contribution in [0.2, 0.25) is 9.10 Å². The molecule has 0 spiro atoms. The Morgan fingerprint density at radius 3 is 1.44 bits per heavy atom. The van der Waals surface area contributed by atoms with Gasteiger partial charge in [0.1, 0.15) is 0 Å². The maximum absolute atomic E-state index is 8.12. The van der Waals surface area contributed by atoms with E-state index in [4.69, 9.17) is 9.59 Å². The topological polar surface area (TPSA) is 34.1 Å². The SMILES string of the molecule is CCCCC[CH2][Mg][CH2]CCCCC.O=C=O. The minimum Gasteiger partial charge on any atom is -0.186 e. The van der Waals surface area contributed by atoms with Crippen LogP contribution in [0.15, 0.2) is 0 Å². The van der Waals surface area contributed by atoms with Crippen molar-refractivity contribution < 1.29 is 9.59 Å². The first kappa shape index (κ1) is 18.5. The maximum Gasteiger partial charge on any atom is 0.373 e. The highest BCUT2D eigenvalue weighted by atomic mass is 24.5. The molecular weight excluding hydrogens is 212 g/mol. The summed E-state index contributed by atoms with van der Waals surface area (Å²) in [6.07, 6.45) is 12.0. The quantitative estimate of drug-likeness (QED) is 0.424. The van der Waals surface area contributed by atoms with E-state index in [-0.39, 0.29) is 6.15 Å². The summed E-state index contributed by atoms with van der Waals surface area (Å²) in [7, 11) is 0. The van der Waals surface area contributed by atoms with Gasteiger partial charge in [-0.15, -0.1) is 9.10 Å². The van der Waals surface area contributed by atoms with E-state index in [0.29, 0.717) is 20.4 Å². The molecule has 0 rings (SSSR count). The lowest BCUT2D eigenvalue weighted by Crippen LogP contribution is -1.89. The average molecular weight is 239 g/mol. The van der Waals surface area contributed by atoms with Crippen molar-refractivity contribution in [1.82, 2.24) is 0 Å². The first-order valence-electron chi connectivity index (χ1n) is 6.82. The summed E-state index contributed by atoms with van der Waals surface area (Å²) in [5.74, 6) is 0. The molecule has 92 valence electrons. The Morgan fingerprint density at radius 2 is 1.12 bits per heavy atom. The van der Waals surface area contributed by atoms with Gasteiger partial charge in [0.05, 0.1) is 0 Å². The van der Waals surface area contributed by atoms with E-state index in [0.717, 1.165) is 0 Å². The molecule has 0 aromatic rings. The lowest BCUT2D eigenvalue weighted by molar-refractivity contribution is -0.191. The van der Waals surface area contributed by atoms with Crippen molar-refractivity contribution in [1.29, 1.82) is 0 Å². The highest BCUT2D eigenvalue weighted by Gasteiger charge is 1.95. The average Bonchev–Trinajstić information content (AvgIpc) is 2.28. The van der Waals surface area contributed by atoms with Crippen LogP contribution in [0.5, 0.6) is 0 Å². The monoisotopic (exact) mass is 238 g/mol. The van der Waals surface area contributed by atoms with Crippen LogP contribution in [0, 0.1) is 0 Å². The van der Waals surface area contributed by atoms with E-state index in [2.05, 4.69) is 13.8 Å². The van der Waals surface area contributed by atoms with Crippen molar-refractivity contribution in [2.75, 3.05) is 0 Å². The summed E-state index contributed by atoms with van der Waals surface area (Å²) in [5.41, 5.74) is 0. The molecular formula is C13H26MgO2. The first-order valence-corrected chi connectivity index (χ1v) is 8.82. The van der Waals surface area contributed by atoms with Crippen LogP contribution in [0.1, 0.15) is 65.2 Å². The van der Waals surface area contributed by atoms with Crippen molar-refractivity contribution in [2.24, 2.45) is 0 Å². The van der Waals surface area contributed by atoms with E-state index < -0.39 is 0 Å². The van der Waals surface area contributed by atoms with Gasteiger partial charge in [0.2, 0.25) is 0 Å². The van der Waals surface area contributed by atoms with Crippen LogP contribution >= 0.6 is 0 Å². The Morgan fingerprint density at radius 1 is 0.750 bits per heavy atom. The predicted octanol–water partition coefficient (Wildman–Crippen LogP) is 4.10. The highest BCUT2D eigenvalue weighted by Crippen LogP contribution is 2.06. The predicted molar refractivity (Wildman–Crippen MR) is 68.7 cm³/mol. The van der Waals surface area contributed by atoms with Crippen LogP contribution in [-0.4, -0.2) is 26.5 Å². The molecule has 0 unspecified atom stereocenters. The summed E-state index contributed by atoms with van der Waals surface area (Å²) in [4.78, 5) is 16.2. The molecule has 2 nitrogen and oxygen atoms in total. The summed E-state index contributed by atoms with van der Waals surface area (Å²) in [5, 5.41) is 0. The Labute approximate surface area is 110 Å². The smallest absolute Gasteiger partial charge is 0.186 e. The minimum absolute atomic E-state index is 0.250. The Bertz CT molecular complexity index is 133. The third kappa shape index (κ3) is 23.7. The molecule has 16 heavy (non-hydrogen) atoms. The van der Waals surface area contributed by atoms with Gasteiger partial charge >= 0.3 is 26.5 Å². The van der Waals surface area contributed by atoms with E-state index in [9.17, 15) is 0 Å². The molecule has 0 aliphatic carbocycles. The molecule has 0 aliphatic heterocycles. The standard InChI is InChI=1S/2C6H13.CO2.Mg/c2*1-3-5-6-4-2;2-1-3;/h2*1,3-6H2,2H3;;. The molecule has 0 saturated heterocycles. The second-order valence-corrected chi connectivity index (χ2v) is 6.39. The summed E-state index contributed by atoms with van der Waals surface area (Å²) < 4.78 is 3.23. The molecule has 0 bridgehead atoms. The van der Waals surface area contributed by atoms with Crippen molar-refractivity contribution in [3.63, 3.8) is 0 Å². The minimum atomic E-state index is 0.250. The van der Waals surface area contributed by atoms with Crippen LogP contribution in [0.4, 0.5) is 0 Å². The van der Waals surface area contributed by atoms with Gasteiger partial charge < -0.3 is 0 Å². The van der Waals surface area contributed by atoms with Gasteiger partial charge in [-0.05, 0) is 0 Å². The Kier molecular flexibility index (Phi) is 23.8. The van der Waals surface area contributed by atoms with Crippen LogP contribution in [-0.2, 0) is 9.59 Å². The van der Waals surface area contributed by atoms with E-state index in [1.54, 1.807) is 9.10 Å². The molecule has 0 aliphatic rings. The van der Waals surface area contributed by atoms with Crippen LogP contribution < -0.4 is 0 Å². The van der Waals surface area contributed by atoms with Crippen LogP contribution in [0.25, 0.3) is 0 Å². The highest BCUT2D eigenvalue weighted by molar-refractivity contribution is 6.35. The summed E-state index contributed by atoms with van der Waals surface area (Å²) in [6.45, 7) is 4.59. The first-order chi connectivity index (χ1) is 7.83. The number of unbranched alkanes of at least 4 members (excludes halogenated alkanes) is 6. The largest absolute Gasteiger partial charge is 0.373 e. The fourth-order valence-corrected chi connectivity index (χ4v) is 3.51. The Balaban J connectivity index is 0. The molecule has 0 aromatic heterocycles. The molecule has 0 N–H and O–H groups in total. The van der Waals surface area contributed by atoms with E-state index in [1.807, 2.05) is 0 Å². The van der Waals surface area contributed by atoms with Gasteiger partial charge in [-0.3, -0.25) is 0 Å². The number of rotatable bonds is 10.